The standard InChI is InChI=1S/C21H25NO4/c1-21(2,3)15-7-11-17(12-8-15)26-18-13-9-16(10-14-18)22-19(23)5-4-6-20(24)25/h7-14H,4-6H2,1-3H3,(H,22,23)(H,24,25)/p-1. The molecule has 2 aromatic carbocycles. The van der Waals surface area contributed by atoms with Gasteiger partial charge in [-0.25, -0.2) is 0 Å². The summed E-state index contributed by atoms with van der Waals surface area (Å²) in [6.07, 6.45) is 0.292. The maximum Gasteiger partial charge on any atom is 0.224 e. The molecule has 1 N–H and O–H groups in total. The van der Waals surface area contributed by atoms with Crippen molar-refractivity contribution in [2.75, 3.05) is 5.32 Å². The molecule has 2 aromatic rings. The lowest BCUT2D eigenvalue weighted by atomic mass is 9.87. The van der Waals surface area contributed by atoms with E-state index in [-0.39, 0.29) is 30.6 Å². The molecule has 0 atom stereocenters. The van der Waals surface area contributed by atoms with Gasteiger partial charge in [0.25, 0.3) is 0 Å². The van der Waals surface area contributed by atoms with E-state index in [9.17, 15) is 14.7 Å². The highest BCUT2D eigenvalue weighted by atomic mass is 16.5. The van der Waals surface area contributed by atoms with Crippen molar-refractivity contribution in [1.82, 2.24) is 0 Å². The third-order valence-electron chi connectivity index (χ3n) is 3.88. The highest BCUT2D eigenvalue weighted by Gasteiger charge is 2.13. The third kappa shape index (κ3) is 6.24. The molecular formula is C21H24NO4-. The third-order valence-corrected chi connectivity index (χ3v) is 3.88. The summed E-state index contributed by atoms with van der Waals surface area (Å²) in [5, 5.41) is 13.1. The van der Waals surface area contributed by atoms with Gasteiger partial charge in [0.2, 0.25) is 5.91 Å². The van der Waals surface area contributed by atoms with E-state index in [2.05, 4.69) is 38.2 Å². The molecule has 0 bridgehead atoms. The molecule has 5 heteroatoms. The van der Waals surface area contributed by atoms with Crippen LogP contribution in [0.5, 0.6) is 11.5 Å². The summed E-state index contributed by atoms with van der Waals surface area (Å²) < 4.78 is 5.81. The van der Waals surface area contributed by atoms with E-state index in [4.69, 9.17) is 4.74 Å². The van der Waals surface area contributed by atoms with Crippen LogP contribution in [-0.4, -0.2) is 11.9 Å². The molecule has 0 aliphatic heterocycles. The van der Waals surface area contributed by atoms with Gasteiger partial charge in [0.15, 0.2) is 0 Å². The second-order valence-corrected chi connectivity index (χ2v) is 7.17. The van der Waals surface area contributed by atoms with Crippen molar-refractivity contribution >= 4 is 17.6 Å². The highest BCUT2D eigenvalue weighted by Crippen LogP contribution is 2.27. The number of hydrogen-bond donors (Lipinski definition) is 1. The Morgan fingerprint density at radius 2 is 1.46 bits per heavy atom. The second kappa shape index (κ2) is 8.52. The zero-order valence-electron chi connectivity index (χ0n) is 15.4. The van der Waals surface area contributed by atoms with Gasteiger partial charge in [0.05, 0.1) is 0 Å². The Labute approximate surface area is 154 Å². The zero-order chi connectivity index (χ0) is 19.2. The lowest BCUT2D eigenvalue weighted by Crippen LogP contribution is -2.22. The number of benzene rings is 2. The molecule has 0 spiro atoms. The van der Waals surface area contributed by atoms with Gasteiger partial charge in [-0.2, -0.15) is 0 Å². The number of nitrogens with one attached hydrogen (secondary N) is 1. The lowest BCUT2D eigenvalue weighted by Gasteiger charge is -2.19. The Bertz CT molecular complexity index is 743. The Hall–Kier alpha value is -2.82. The maximum atomic E-state index is 11.7. The van der Waals surface area contributed by atoms with Crippen molar-refractivity contribution in [2.24, 2.45) is 0 Å². The van der Waals surface area contributed by atoms with Crippen LogP contribution in [0.15, 0.2) is 48.5 Å². The minimum atomic E-state index is -1.14. The van der Waals surface area contributed by atoms with Crippen molar-refractivity contribution < 1.29 is 19.4 Å². The smallest absolute Gasteiger partial charge is 0.224 e. The van der Waals surface area contributed by atoms with Crippen LogP contribution in [0.4, 0.5) is 5.69 Å². The number of hydrogen-bond acceptors (Lipinski definition) is 4. The molecule has 0 radical (unpaired) electrons. The van der Waals surface area contributed by atoms with E-state index in [0.717, 1.165) is 5.75 Å². The Balaban J connectivity index is 1.89. The fourth-order valence-electron chi connectivity index (χ4n) is 2.38. The molecular weight excluding hydrogens is 330 g/mol. The van der Waals surface area contributed by atoms with Gasteiger partial charge >= 0.3 is 0 Å². The molecule has 1 amide bonds. The van der Waals surface area contributed by atoms with Gasteiger partial charge in [-0.1, -0.05) is 32.9 Å². The number of rotatable bonds is 7. The minimum absolute atomic E-state index is 0.0966. The molecule has 0 unspecified atom stereocenters. The van der Waals surface area contributed by atoms with Gasteiger partial charge < -0.3 is 20.0 Å². The molecule has 0 heterocycles. The number of anilines is 1. The predicted octanol–water partition coefficient (Wildman–Crippen LogP) is 3.64. The van der Waals surface area contributed by atoms with Crippen molar-refractivity contribution in [2.45, 2.75) is 45.4 Å². The van der Waals surface area contributed by atoms with Gasteiger partial charge in [-0.05, 0) is 60.2 Å². The number of ether oxygens (including phenoxy) is 1. The monoisotopic (exact) mass is 354 g/mol. The van der Waals surface area contributed by atoms with E-state index < -0.39 is 5.97 Å². The molecule has 0 fully saturated rings. The quantitative estimate of drug-likeness (QED) is 0.823. The van der Waals surface area contributed by atoms with Crippen molar-refractivity contribution in [3.05, 3.63) is 54.1 Å². The number of carbonyl (C=O) groups excluding carboxylic acids is 2. The molecule has 0 saturated heterocycles. The average Bonchev–Trinajstić information content (AvgIpc) is 2.56. The molecule has 138 valence electrons. The summed E-state index contributed by atoms with van der Waals surface area (Å²) in [5.41, 5.74) is 1.97. The summed E-state index contributed by atoms with van der Waals surface area (Å²) in [4.78, 5) is 22.1. The Morgan fingerprint density at radius 1 is 0.923 bits per heavy atom. The van der Waals surface area contributed by atoms with Gasteiger partial charge in [0.1, 0.15) is 11.5 Å². The normalized spacial score (nSPS) is 11.0. The first-order valence-electron chi connectivity index (χ1n) is 8.62. The largest absolute Gasteiger partial charge is 0.550 e. The van der Waals surface area contributed by atoms with E-state index in [0.29, 0.717) is 11.4 Å². The van der Waals surface area contributed by atoms with Crippen LogP contribution >= 0.6 is 0 Å². The summed E-state index contributed by atoms with van der Waals surface area (Å²) in [6.45, 7) is 6.48. The number of carboxylic acid groups (broad SMARTS) is 1. The summed E-state index contributed by atoms with van der Waals surface area (Å²) >= 11 is 0. The Morgan fingerprint density at radius 3 is 1.96 bits per heavy atom. The highest BCUT2D eigenvalue weighted by molar-refractivity contribution is 5.90. The topological polar surface area (TPSA) is 78.5 Å². The van der Waals surface area contributed by atoms with Crippen LogP contribution in [0.1, 0.15) is 45.6 Å². The summed E-state index contributed by atoms with van der Waals surface area (Å²) in [6, 6.07) is 15.0. The van der Waals surface area contributed by atoms with Crippen LogP contribution in [0, 0.1) is 0 Å². The fraction of sp³-hybridized carbons (Fsp3) is 0.333. The predicted molar refractivity (Wildman–Crippen MR) is 99.1 cm³/mol. The van der Waals surface area contributed by atoms with E-state index in [1.165, 1.54) is 5.56 Å². The van der Waals surface area contributed by atoms with Gasteiger partial charge in [-0.3, -0.25) is 4.79 Å². The van der Waals surface area contributed by atoms with Crippen LogP contribution in [0.3, 0.4) is 0 Å². The number of carboxylic acids is 1. The van der Waals surface area contributed by atoms with Crippen molar-refractivity contribution in [3.63, 3.8) is 0 Å². The fourth-order valence-corrected chi connectivity index (χ4v) is 2.38. The second-order valence-electron chi connectivity index (χ2n) is 7.17. The SMILES string of the molecule is CC(C)(C)c1ccc(Oc2ccc(NC(=O)CCCC(=O)[O-])cc2)cc1. The van der Waals surface area contributed by atoms with Gasteiger partial charge in [0, 0.05) is 18.1 Å². The molecule has 26 heavy (non-hydrogen) atoms. The van der Waals surface area contributed by atoms with Crippen LogP contribution < -0.4 is 15.2 Å². The number of aliphatic carboxylic acids is 1. The van der Waals surface area contributed by atoms with Crippen LogP contribution in [0.2, 0.25) is 0 Å². The first kappa shape index (κ1) is 19.5. The van der Waals surface area contributed by atoms with Gasteiger partial charge in [-0.15, -0.1) is 0 Å². The lowest BCUT2D eigenvalue weighted by molar-refractivity contribution is -0.305. The van der Waals surface area contributed by atoms with Crippen LogP contribution in [-0.2, 0) is 15.0 Å². The zero-order valence-corrected chi connectivity index (χ0v) is 15.4. The molecule has 0 aliphatic carbocycles. The summed E-state index contributed by atoms with van der Waals surface area (Å²) in [5.74, 6) is 0.0491. The molecule has 0 aliphatic rings. The summed E-state index contributed by atoms with van der Waals surface area (Å²) in [7, 11) is 0. The van der Waals surface area contributed by atoms with Crippen LogP contribution in [0.25, 0.3) is 0 Å². The minimum Gasteiger partial charge on any atom is -0.550 e. The van der Waals surface area contributed by atoms with Crippen molar-refractivity contribution in [3.8, 4) is 11.5 Å². The first-order valence-corrected chi connectivity index (χ1v) is 8.62. The first-order chi connectivity index (χ1) is 12.2. The number of carbonyl (C=O) groups is 2. The van der Waals surface area contributed by atoms with E-state index in [1.807, 2.05) is 12.1 Å². The maximum absolute atomic E-state index is 11.7. The molecule has 2 rings (SSSR count). The average molecular weight is 354 g/mol. The Kier molecular flexibility index (Phi) is 6.39. The molecule has 5 nitrogen and oxygen atoms in total. The molecule has 0 saturated carbocycles. The van der Waals surface area contributed by atoms with E-state index >= 15 is 0 Å². The van der Waals surface area contributed by atoms with E-state index in [1.54, 1.807) is 24.3 Å². The number of amides is 1. The van der Waals surface area contributed by atoms with Crippen molar-refractivity contribution in [1.29, 1.82) is 0 Å². The molecule has 0 aromatic heterocycles.